The third-order valence-corrected chi connectivity index (χ3v) is 3.43. The van der Waals surface area contributed by atoms with E-state index >= 15 is 0 Å². The Bertz CT molecular complexity index is 443. The van der Waals surface area contributed by atoms with Gasteiger partial charge >= 0.3 is 5.97 Å². The molecule has 0 spiro atoms. The lowest BCUT2D eigenvalue weighted by atomic mass is 10.2. The lowest BCUT2D eigenvalue weighted by molar-refractivity contribution is -0.139. The maximum absolute atomic E-state index is 12.1. The number of carboxylic acids is 1. The molecule has 19 heavy (non-hydrogen) atoms. The van der Waals surface area contributed by atoms with Crippen LogP contribution in [0.15, 0.2) is 18.3 Å². The number of aliphatic carboxylic acids is 1. The number of carbonyl (C=O) groups excluding carboxylic acids is 1. The van der Waals surface area contributed by atoms with Gasteiger partial charge in [-0.2, -0.15) is 11.8 Å². The molecule has 1 atom stereocenters. The molecule has 2 N–H and O–H groups in total. The fourth-order valence-corrected chi connectivity index (χ4v) is 2.23. The van der Waals surface area contributed by atoms with E-state index < -0.39 is 12.0 Å². The van der Waals surface area contributed by atoms with Crippen molar-refractivity contribution in [3.8, 4) is 0 Å². The third kappa shape index (κ3) is 4.31. The van der Waals surface area contributed by atoms with Gasteiger partial charge < -0.3 is 15.0 Å². The van der Waals surface area contributed by atoms with Crippen LogP contribution in [0.25, 0.3) is 0 Å². The fraction of sp³-hybridized carbons (Fsp3) is 0.538. The Hall–Kier alpha value is -1.43. The van der Waals surface area contributed by atoms with Gasteiger partial charge in [-0.3, -0.25) is 4.79 Å². The molecule has 0 aliphatic heterocycles. The van der Waals surface area contributed by atoms with Crippen molar-refractivity contribution in [2.24, 2.45) is 0 Å². The molecule has 1 amide bonds. The minimum absolute atomic E-state index is 0.158. The van der Waals surface area contributed by atoms with Crippen LogP contribution in [-0.2, 0) is 4.79 Å². The number of nitrogens with zero attached hydrogens (tertiary/aromatic N) is 1. The highest BCUT2D eigenvalue weighted by molar-refractivity contribution is 7.98. The zero-order chi connectivity index (χ0) is 14.4. The number of thioether (sulfide) groups is 1. The maximum Gasteiger partial charge on any atom is 0.326 e. The van der Waals surface area contributed by atoms with Gasteiger partial charge in [0.1, 0.15) is 11.7 Å². The number of hydrogen-bond donors (Lipinski definition) is 2. The minimum Gasteiger partial charge on any atom is -0.480 e. The Morgan fingerprint density at radius 2 is 2.16 bits per heavy atom. The maximum atomic E-state index is 12.1. The van der Waals surface area contributed by atoms with Gasteiger partial charge in [-0.1, -0.05) is 0 Å². The molecule has 0 fully saturated rings. The van der Waals surface area contributed by atoms with Crippen molar-refractivity contribution in [1.29, 1.82) is 0 Å². The zero-order valence-electron chi connectivity index (χ0n) is 11.4. The molecule has 5 nitrogen and oxygen atoms in total. The van der Waals surface area contributed by atoms with Crippen LogP contribution in [0.2, 0.25) is 0 Å². The number of carbonyl (C=O) groups is 2. The summed E-state index contributed by atoms with van der Waals surface area (Å²) in [6.07, 6.45) is 4.15. The number of aromatic nitrogens is 1. The van der Waals surface area contributed by atoms with E-state index in [4.69, 9.17) is 5.11 Å². The van der Waals surface area contributed by atoms with Crippen LogP contribution >= 0.6 is 11.8 Å². The van der Waals surface area contributed by atoms with Gasteiger partial charge in [-0.25, -0.2) is 4.79 Å². The molecule has 1 aromatic rings. The van der Waals surface area contributed by atoms with Gasteiger partial charge in [0, 0.05) is 12.2 Å². The molecule has 0 bridgehead atoms. The second-order valence-corrected chi connectivity index (χ2v) is 5.53. The first-order chi connectivity index (χ1) is 8.97. The van der Waals surface area contributed by atoms with Crippen LogP contribution in [0.5, 0.6) is 0 Å². The number of carboxylic acid groups (broad SMARTS) is 1. The lowest BCUT2D eigenvalue weighted by Crippen LogP contribution is -2.41. The number of hydrogen-bond acceptors (Lipinski definition) is 3. The van der Waals surface area contributed by atoms with Crippen LogP contribution in [0.4, 0.5) is 0 Å². The van der Waals surface area contributed by atoms with E-state index in [1.807, 2.05) is 30.9 Å². The van der Waals surface area contributed by atoms with Gasteiger partial charge in [-0.15, -0.1) is 0 Å². The smallest absolute Gasteiger partial charge is 0.326 e. The van der Waals surface area contributed by atoms with E-state index in [1.54, 1.807) is 23.9 Å². The predicted molar refractivity (Wildman–Crippen MR) is 76.7 cm³/mol. The van der Waals surface area contributed by atoms with Crippen molar-refractivity contribution in [3.63, 3.8) is 0 Å². The SMILES string of the molecule is CSCCC(NC(=O)c1cccn1C(C)C)C(=O)O. The van der Waals surface area contributed by atoms with Gasteiger partial charge in [-0.05, 0) is 44.4 Å². The Morgan fingerprint density at radius 1 is 1.47 bits per heavy atom. The molecule has 0 aliphatic carbocycles. The molecule has 0 saturated heterocycles. The second kappa shape index (κ2) is 7.23. The molecule has 106 valence electrons. The molecular formula is C13H20N2O3S. The second-order valence-electron chi connectivity index (χ2n) is 4.54. The average molecular weight is 284 g/mol. The van der Waals surface area contributed by atoms with Crippen LogP contribution in [0.1, 0.15) is 36.8 Å². The van der Waals surface area contributed by atoms with E-state index in [0.29, 0.717) is 17.9 Å². The summed E-state index contributed by atoms with van der Waals surface area (Å²) >= 11 is 1.56. The quantitative estimate of drug-likeness (QED) is 0.803. The summed E-state index contributed by atoms with van der Waals surface area (Å²) in [6, 6.07) is 2.80. The molecule has 6 heteroatoms. The average Bonchev–Trinajstić information content (AvgIpc) is 2.83. The predicted octanol–water partition coefficient (Wildman–Crippen LogP) is 2.01. The van der Waals surface area contributed by atoms with E-state index in [-0.39, 0.29) is 11.9 Å². The van der Waals surface area contributed by atoms with Crippen molar-refractivity contribution in [2.75, 3.05) is 12.0 Å². The van der Waals surface area contributed by atoms with Crippen LogP contribution in [0.3, 0.4) is 0 Å². The van der Waals surface area contributed by atoms with Gasteiger partial charge in [0.05, 0.1) is 0 Å². The fourth-order valence-electron chi connectivity index (χ4n) is 1.76. The molecule has 1 rings (SSSR count). The molecule has 0 aromatic carbocycles. The topological polar surface area (TPSA) is 71.3 Å². The highest BCUT2D eigenvalue weighted by Gasteiger charge is 2.22. The molecule has 1 aromatic heterocycles. The molecule has 1 heterocycles. The highest BCUT2D eigenvalue weighted by atomic mass is 32.2. The first kappa shape index (κ1) is 15.6. The van der Waals surface area contributed by atoms with E-state index in [0.717, 1.165) is 0 Å². The van der Waals surface area contributed by atoms with Crippen LogP contribution < -0.4 is 5.32 Å². The zero-order valence-corrected chi connectivity index (χ0v) is 12.2. The number of amides is 1. The highest BCUT2D eigenvalue weighted by Crippen LogP contribution is 2.11. The van der Waals surface area contributed by atoms with Crippen LogP contribution in [-0.4, -0.2) is 39.6 Å². The van der Waals surface area contributed by atoms with Crippen LogP contribution in [0, 0.1) is 0 Å². The molecule has 1 unspecified atom stereocenters. The molecule has 0 radical (unpaired) electrons. The number of rotatable bonds is 7. The van der Waals surface area contributed by atoms with Gasteiger partial charge in [0.2, 0.25) is 0 Å². The Morgan fingerprint density at radius 3 is 2.68 bits per heavy atom. The molecular weight excluding hydrogens is 264 g/mol. The minimum atomic E-state index is -0.995. The summed E-state index contributed by atoms with van der Waals surface area (Å²) in [7, 11) is 0. The summed E-state index contributed by atoms with van der Waals surface area (Å²) in [5.41, 5.74) is 0.491. The summed E-state index contributed by atoms with van der Waals surface area (Å²) in [5, 5.41) is 11.7. The largest absolute Gasteiger partial charge is 0.480 e. The Balaban J connectivity index is 2.76. The summed E-state index contributed by atoms with van der Waals surface area (Å²) < 4.78 is 1.82. The van der Waals surface area contributed by atoms with Gasteiger partial charge in [0.25, 0.3) is 5.91 Å². The Labute approximate surface area is 117 Å². The lowest BCUT2D eigenvalue weighted by Gasteiger charge is -2.16. The van der Waals surface area contributed by atoms with Crippen molar-refractivity contribution >= 4 is 23.6 Å². The van der Waals surface area contributed by atoms with Crippen molar-refractivity contribution in [1.82, 2.24) is 9.88 Å². The van der Waals surface area contributed by atoms with Gasteiger partial charge in [0.15, 0.2) is 0 Å². The number of nitrogens with one attached hydrogen (secondary N) is 1. The monoisotopic (exact) mass is 284 g/mol. The summed E-state index contributed by atoms with van der Waals surface area (Å²) in [4.78, 5) is 23.2. The van der Waals surface area contributed by atoms with Crippen molar-refractivity contribution < 1.29 is 14.7 Å². The van der Waals surface area contributed by atoms with E-state index in [2.05, 4.69) is 5.32 Å². The van der Waals surface area contributed by atoms with E-state index in [9.17, 15) is 9.59 Å². The standard InChI is InChI=1S/C13H20N2O3S/c1-9(2)15-7-4-5-11(15)12(16)14-10(13(17)18)6-8-19-3/h4-5,7,9-10H,6,8H2,1-3H3,(H,14,16)(H,17,18). The molecule has 0 saturated carbocycles. The van der Waals surface area contributed by atoms with Crippen molar-refractivity contribution in [2.45, 2.75) is 32.4 Å². The summed E-state index contributed by atoms with van der Waals surface area (Å²) in [6.45, 7) is 3.94. The Kier molecular flexibility index (Phi) is 5.95. The van der Waals surface area contributed by atoms with Crippen molar-refractivity contribution in [3.05, 3.63) is 24.0 Å². The third-order valence-electron chi connectivity index (χ3n) is 2.78. The first-order valence-electron chi connectivity index (χ1n) is 6.16. The first-order valence-corrected chi connectivity index (χ1v) is 7.56. The summed E-state index contributed by atoms with van der Waals surface area (Å²) in [5.74, 6) is -0.639. The molecule has 0 aliphatic rings. The normalized spacial score (nSPS) is 12.4. The van der Waals surface area contributed by atoms with E-state index in [1.165, 1.54) is 0 Å².